The van der Waals surface area contributed by atoms with E-state index in [1.54, 1.807) is 9.58 Å². The molecule has 4 rings (SSSR count). The summed E-state index contributed by atoms with van der Waals surface area (Å²) in [4.78, 5) is 21.3. The molecule has 10 heteroatoms. The quantitative estimate of drug-likeness (QED) is 0.204. The third-order valence-electron chi connectivity index (χ3n) is 6.78. The van der Waals surface area contributed by atoms with Crippen LogP contribution in [0.4, 0.5) is 4.79 Å². The standard InChI is InChI=1S/C26H30N7O2.3CH3.Sn/c1-5-10-23-22(25(32(4)29-23)35-26(34)33(6-2)7-3)17-18-13-15-19(16-14-18)20-11-8-9-12-21(20)24-27-30-31-28-24;;;;/h8-9,11-16H,5-7,10,17H2,1-4H3;3*1H3;/q-1;;;;+1. The Bertz CT molecular complexity index is 1420. The van der Waals surface area contributed by atoms with Gasteiger partial charge in [-0.05, 0) is 13.8 Å². The van der Waals surface area contributed by atoms with Gasteiger partial charge in [-0.3, -0.25) is 0 Å². The Morgan fingerprint density at radius 3 is 2.26 bits per heavy atom. The Hall–Kier alpha value is -3.21. The molecule has 0 N–H and O–H groups in total. The zero-order valence-electron chi connectivity index (χ0n) is 24.1. The molecule has 0 unspecified atom stereocenters. The Balaban J connectivity index is 1.65. The molecular weight excluding hydrogens is 597 g/mol. The van der Waals surface area contributed by atoms with Gasteiger partial charge in [0.1, 0.15) is 0 Å². The van der Waals surface area contributed by atoms with E-state index in [1.807, 2.05) is 33.0 Å². The number of benzene rings is 2. The first-order valence-corrected chi connectivity index (χ1v) is 23.5. The summed E-state index contributed by atoms with van der Waals surface area (Å²) in [6.07, 6.45) is 2.07. The molecule has 0 atom stereocenters. The van der Waals surface area contributed by atoms with Crippen molar-refractivity contribution in [1.29, 1.82) is 0 Å². The fraction of sp³-hybridized carbons (Fsp3) is 0.414. The van der Waals surface area contributed by atoms with E-state index >= 15 is 0 Å². The summed E-state index contributed by atoms with van der Waals surface area (Å²) >= 11 is -2.58. The van der Waals surface area contributed by atoms with Gasteiger partial charge < -0.3 is 4.90 Å². The van der Waals surface area contributed by atoms with Crippen LogP contribution in [0.2, 0.25) is 14.8 Å². The van der Waals surface area contributed by atoms with E-state index in [9.17, 15) is 4.79 Å². The molecule has 0 spiro atoms. The van der Waals surface area contributed by atoms with E-state index in [1.165, 1.54) is 0 Å². The maximum atomic E-state index is 12.8. The summed E-state index contributed by atoms with van der Waals surface area (Å²) in [6.45, 7) is 7.22. The fourth-order valence-corrected chi connectivity index (χ4v) is 7.89. The monoisotopic (exact) mass is 637 g/mol. The second-order valence-electron chi connectivity index (χ2n) is 10.6. The van der Waals surface area contributed by atoms with E-state index in [2.05, 4.69) is 76.6 Å². The molecule has 0 aliphatic rings. The van der Waals surface area contributed by atoms with Gasteiger partial charge in [-0.25, -0.2) is 4.79 Å². The number of rotatable bonds is 10. The van der Waals surface area contributed by atoms with Crippen molar-refractivity contribution >= 4 is 24.7 Å². The molecule has 0 saturated carbocycles. The van der Waals surface area contributed by atoms with E-state index in [-0.39, 0.29) is 6.09 Å². The van der Waals surface area contributed by atoms with Crippen LogP contribution in [0.5, 0.6) is 5.88 Å². The van der Waals surface area contributed by atoms with Gasteiger partial charge in [0.25, 0.3) is 0 Å². The van der Waals surface area contributed by atoms with Crippen LogP contribution in [0.15, 0.2) is 48.5 Å². The van der Waals surface area contributed by atoms with Crippen molar-refractivity contribution in [3.63, 3.8) is 0 Å². The minimum absolute atomic E-state index is 0.346. The molecule has 0 aliphatic heterocycles. The third kappa shape index (κ3) is 6.34. The number of nitrogens with zero attached hydrogens (tertiary/aromatic N) is 7. The summed E-state index contributed by atoms with van der Waals surface area (Å²) in [5, 5.41) is 17.4. The Kier molecular flexibility index (Phi) is 9.09. The molecule has 2 aromatic carbocycles. The Morgan fingerprint density at radius 1 is 0.974 bits per heavy atom. The number of ether oxygens (including phenoxy) is 1. The second kappa shape index (κ2) is 12.3. The third-order valence-corrected chi connectivity index (χ3v) is 11.3. The van der Waals surface area contributed by atoms with Crippen molar-refractivity contribution in [3.05, 3.63) is 65.4 Å². The first kappa shape index (κ1) is 28.8. The van der Waals surface area contributed by atoms with Crippen LogP contribution in [0, 0.1) is 0 Å². The molecular formula is C29H39N7O2Sn. The number of carbonyl (C=O) groups excluding carboxylic acids is 1. The second-order valence-corrected chi connectivity index (χ2v) is 24.2. The van der Waals surface area contributed by atoms with Crippen LogP contribution < -0.4 is 4.74 Å². The molecule has 0 radical (unpaired) electrons. The minimum atomic E-state index is -2.58. The number of hydrogen-bond donors (Lipinski definition) is 0. The van der Waals surface area contributed by atoms with Gasteiger partial charge in [0.15, 0.2) is 0 Å². The van der Waals surface area contributed by atoms with Gasteiger partial charge in [0, 0.05) is 20.1 Å². The predicted octanol–water partition coefficient (Wildman–Crippen LogP) is 5.81. The molecule has 0 bridgehead atoms. The molecule has 0 fully saturated rings. The van der Waals surface area contributed by atoms with Crippen molar-refractivity contribution in [2.24, 2.45) is 7.05 Å². The zero-order chi connectivity index (χ0) is 28.2. The van der Waals surface area contributed by atoms with Gasteiger partial charge in [0.2, 0.25) is 0 Å². The van der Waals surface area contributed by atoms with E-state index in [0.717, 1.165) is 52.2 Å². The van der Waals surface area contributed by atoms with E-state index < -0.39 is 18.7 Å². The van der Waals surface area contributed by atoms with Crippen molar-refractivity contribution < 1.29 is 9.53 Å². The summed E-state index contributed by atoms with van der Waals surface area (Å²) < 4.78 is 9.64. The van der Waals surface area contributed by atoms with Crippen LogP contribution >= 0.6 is 0 Å². The maximum absolute atomic E-state index is 12.8. The van der Waals surface area contributed by atoms with Gasteiger partial charge in [0.05, 0.1) is 0 Å². The van der Waals surface area contributed by atoms with Crippen molar-refractivity contribution in [1.82, 2.24) is 33.1 Å². The number of carbonyl (C=O) groups is 1. The summed E-state index contributed by atoms with van der Waals surface area (Å²) in [6, 6.07) is 16.8. The predicted molar refractivity (Wildman–Crippen MR) is 156 cm³/mol. The SMILES string of the molecule is CCCc1nn(C)c(OC(=O)N(CC)CC)c1Cc1ccc(-c2ccccc2-c2nnn[n]2[Sn]([CH3])([CH3])[CH3])cc1. The molecule has 9 nitrogen and oxygen atoms in total. The first-order chi connectivity index (χ1) is 18.7. The van der Waals surface area contributed by atoms with Gasteiger partial charge in [-0.1, -0.05) is 13.3 Å². The molecule has 0 aliphatic carbocycles. The average Bonchev–Trinajstić information content (AvgIpc) is 3.52. The normalized spacial score (nSPS) is 11.6. The van der Waals surface area contributed by atoms with Crippen molar-refractivity contribution in [3.8, 4) is 28.4 Å². The fourth-order valence-electron chi connectivity index (χ4n) is 4.72. The summed E-state index contributed by atoms with van der Waals surface area (Å²) in [5.74, 6) is 1.35. The molecule has 4 aromatic rings. The molecule has 0 saturated heterocycles. The van der Waals surface area contributed by atoms with E-state index in [4.69, 9.17) is 9.84 Å². The Morgan fingerprint density at radius 2 is 1.64 bits per heavy atom. The number of tetrazole rings is 1. The molecule has 39 heavy (non-hydrogen) atoms. The number of aryl methyl sites for hydroxylation is 2. The number of amides is 1. The van der Waals surface area contributed by atoms with Crippen LogP contribution in [-0.4, -0.2) is 70.9 Å². The molecule has 206 valence electrons. The van der Waals surface area contributed by atoms with Crippen molar-refractivity contribution in [2.45, 2.75) is 54.9 Å². The Labute approximate surface area is 235 Å². The number of hydrogen-bond acceptors (Lipinski definition) is 6. The molecule has 2 heterocycles. The van der Waals surface area contributed by atoms with Crippen LogP contribution in [0.25, 0.3) is 22.5 Å². The zero-order valence-corrected chi connectivity index (χ0v) is 27.0. The summed E-state index contributed by atoms with van der Waals surface area (Å²) in [5.41, 5.74) is 6.28. The average molecular weight is 636 g/mol. The topological polar surface area (TPSA) is 91.0 Å². The van der Waals surface area contributed by atoms with Gasteiger partial charge in [-0.2, -0.15) is 0 Å². The number of aromatic nitrogens is 6. The molecule has 2 aromatic heterocycles. The van der Waals surface area contributed by atoms with Crippen LogP contribution in [0.3, 0.4) is 0 Å². The van der Waals surface area contributed by atoms with Gasteiger partial charge in [-0.15, -0.1) is 0 Å². The van der Waals surface area contributed by atoms with Crippen molar-refractivity contribution in [2.75, 3.05) is 13.1 Å². The summed E-state index contributed by atoms with van der Waals surface area (Å²) in [7, 11) is 1.84. The van der Waals surface area contributed by atoms with E-state index in [0.29, 0.717) is 25.4 Å². The molecule has 1 amide bonds. The van der Waals surface area contributed by atoms with Crippen LogP contribution in [0.1, 0.15) is 44.0 Å². The van der Waals surface area contributed by atoms with Crippen LogP contribution in [-0.2, 0) is 19.9 Å². The first-order valence-electron chi connectivity index (χ1n) is 13.7. The van der Waals surface area contributed by atoms with Gasteiger partial charge >= 0.3 is 179 Å².